The van der Waals surface area contributed by atoms with Crippen molar-refractivity contribution >= 4 is 16.8 Å². The Kier molecular flexibility index (Phi) is 4.71. The molecule has 150 valence electrons. The Hall–Kier alpha value is -3.61. The third kappa shape index (κ3) is 3.54. The number of para-hydroxylation sites is 1. The molecule has 7 nitrogen and oxygen atoms in total. The van der Waals surface area contributed by atoms with Gasteiger partial charge in [0, 0.05) is 48.7 Å². The topological polar surface area (TPSA) is 87.7 Å². The van der Waals surface area contributed by atoms with Crippen molar-refractivity contribution in [1.82, 2.24) is 29.8 Å². The number of aryl methyl sites for hydroxylation is 1. The van der Waals surface area contributed by atoms with Crippen molar-refractivity contribution in [3.63, 3.8) is 0 Å². The summed E-state index contributed by atoms with van der Waals surface area (Å²) in [6.07, 6.45) is 7.11. The van der Waals surface area contributed by atoms with E-state index in [-0.39, 0.29) is 11.8 Å². The van der Waals surface area contributed by atoms with E-state index in [1.54, 1.807) is 18.6 Å². The molecule has 0 bridgehead atoms. The molecule has 0 aliphatic carbocycles. The molecule has 1 unspecified atom stereocenters. The first kappa shape index (κ1) is 18.4. The van der Waals surface area contributed by atoms with Crippen LogP contribution in [-0.2, 0) is 0 Å². The lowest BCUT2D eigenvalue weighted by Gasteiger charge is -2.32. The Bertz CT molecular complexity index is 1200. The summed E-state index contributed by atoms with van der Waals surface area (Å²) in [4.78, 5) is 36.1. The van der Waals surface area contributed by atoms with Crippen LogP contribution >= 0.6 is 0 Å². The summed E-state index contributed by atoms with van der Waals surface area (Å²) in [5, 5.41) is 0.978. The Balaban J connectivity index is 1.40. The molecule has 0 saturated carbocycles. The first-order valence-corrected chi connectivity index (χ1v) is 10.2. The number of nitrogens with zero attached hydrogens (tertiary/aromatic N) is 5. The van der Waals surface area contributed by atoms with Crippen LogP contribution in [0.4, 0.5) is 0 Å². The summed E-state index contributed by atoms with van der Waals surface area (Å²) in [7, 11) is 0. The number of imidazole rings is 1. The largest absolute Gasteiger partial charge is 0.343 e. The lowest BCUT2D eigenvalue weighted by molar-refractivity contribution is 0.0705. The van der Waals surface area contributed by atoms with Crippen molar-refractivity contribution in [2.45, 2.75) is 25.7 Å². The van der Waals surface area contributed by atoms with Gasteiger partial charge in [-0.3, -0.25) is 9.78 Å². The van der Waals surface area contributed by atoms with Gasteiger partial charge in [0.1, 0.15) is 11.5 Å². The number of likely N-dealkylation sites (tertiary alicyclic amines) is 1. The Labute approximate surface area is 174 Å². The molecule has 1 fully saturated rings. The van der Waals surface area contributed by atoms with Crippen LogP contribution < -0.4 is 0 Å². The number of rotatable bonds is 3. The van der Waals surface area contributed by atoms with E-state index >= 15 is 0 Å². The molecule has 4 aromatic rings. The SMILES string of the molecule is Cc1nc(-c2ncc[nH]2)cc(C2CCCN(C(=O)c3cnc4ccccc4c3)C2)n1. The maximum atomic E-state index is 13.2. The summed E-state index contributed by atoms with van der Waals surface area (Å²) < 4.78 is 0. The minimum atomic E-state index is 0.0231. The van der Waals surface area contributed by atoms with Crippen LogP contribution in [-0.4, -0.2) is 48.8 Å². The number of piperidine rings is 1. The molecule has 1 N–H and O–H groups in total. The number of fused-ring (bicyclic) bond motifs is 1. The highest BCUT2D eigenvalue weighted by molar-refractivity contribution is 5.97. The van der Waals surface area contributed by atoms with E-state index in [9.17, 15) is 4.79 Å². The van der Waals surface area contributed by atoms with Gasteiger partial charge in [0.2, 0.25) is 0 Å². The van der Waals surface area contributed by atoms with Gasteiger partial charge >= 0.3 is 0 Å². The molecule has 1 saturated heterocycles. The van der Waals surface area contributed by atoms with Gasteiger partial charge in [-0.15, -0.1) is 0 Å². The number of H-pyrrole nitrogens is 1. The van der Waals surface area contributed by atoms with Crippen LogP contribution in [0.15, 0.2) is 55.0 Å². The molecule has 0 spiro atoms. The lowest BCUT2D eigenvalue weighted by atomic mass is 9.93. The predicted octanol–water partition coefficient (Wildman–Crippen LogP) is 3.74. The maximum Gasteiger partial charge on any atom is 0.255 e. The molecule has 7 heteroatoms. The standard InChI is InChI=1S/C23H22N6O/c1-15-27-20(12-21(28-15)22-24-8-9-25-22)17-6-4-10-29(14-17)23(30)18-11-16-5-2-3-7-19(16)26-13-18/h2-3,5,7-9,11-13,17H,4,6,10,14H2,1H3,(H,24,25). The third-order valence-electron chi connectivity index (χ3n) is 5.56. The number of aromatic amines is 1. The van der Waals surface area contributed by atoms with Gasteiger partial charge in [0.15, 0.2) is 5.82 Å². The fourth-order valence-corrected chi connectivity index (χ4v) is 4.10. The minimum absolute atomic E-state index is 0.0231. The van der Waals surface area contributed by atoms with E-state index in [0.29, 0.717) is 17.9 Å². The average molecular weight is 398 g/mol. The number of amides is 1. The quantitative estimate of drug-likeness (QED) is 0.568. The number of carbonyl (C=O) groups excluding carboxylic acids is 1. The highest BCUT2D eigenvalue weighted by Crippen LogP contribution is 2.28. The maximum absolute atomic E-state index is 13.2. The zero-order chi connectivity index (χ0) is 20.5. The van der Waals surface area contributed by atoms with Crippen molar-refractivity contribution in [2.24, 2.45) is 0 Å². The average Bonchev–Trinajstić information content (AvgIpc) is 3.33. The van der Waals surface area contributed by atoms with Crippen molar-refractivity contribution in [1.29, 1.82) is 0 Å². The number of carbonyl (C=O) groups is 1. The van der Waals surface area contributed by atoms with Gasteiger partial charge in [-0.2, -0.15) is 0 Å². The molecule has 1 aromatic carbocycles. The van der Waals surface area contributed by atoms with Gasteiger partial charge in [-0.25, -0.2) is 15.0 Å². The highest BCUT2D eigenvalue weighted by Gasteiger charge is 2.27. The second kappa shape index (κ2) is 7.67. The second-order valence-electron chi connectivity index (χ2n) is 7.67. The Morgan fingerprint density at radius 2 is 2.07 bits per heavy atom. The molecular weight excluding hydrogens is 376 g/mol. The lowest BCUT2D eigenvalue weighted by Crippen LogP contribution is -2.39. The van der Waals surface area contributed by atoms with Crippen LogP contribution in [0, 0.1) is 6.92 Å². The fraction of sp³-hybridized carbons (Fsp3) is 0.261. The Morgan fingerprint density at radius 1 is 1.17 bits per heavy atom. The molecule has 1 aliphatic rings. The molecule has 0 radical (unpaired) electrons. The van der Waals surface area contributed by atoms with E-state index in [1.165, 1.54) is 0 Å². The second-order valence-corrected chi connectivity index (χ2v) is 7.67. The van der Waals surface area contributed by atoms with Crippen LogP contribution in [0.5, 0.6) is 0 Å². The van der Waals surface area contributed by atoms with E-state index in [0.717, 1.165) is 47.5 Å². The predicted molar refractivity (Wildman–Crippen MR) is 114 cm³/mol. The molecule has 30 heavy (non-hydrogen) atoms. The number of aromatic nitrogens is 5. The van der Waals surface area contributed by atoms with E-state index in [4.69, 9.17) is 0 Å². The van der Waals surface area contributed by atoms with Crippen LogP contribution in [0.1, 0.15) is 40.6 Å². The van der Waals surface area contributed by atoms with Crippen molar-refractivity contribution in [3.05, 3.63) is 72.1 Å². The highest BCUT2D eigenvalue weighted by atomic mass is 16.2. The summed E-state index contributed by atoms with van der Waals surface area (Å²) in [5.41, 5.74) is 3.27. The van der Waals surface area contributed by atoms with Gasteiger partial charge in [-0.1, -0.05) is 18.2 Å². The molecular formula is C23H22N6O. The van der Waals surface area contributed by atoms with Crippen molar-refractivity contribution in [3.8, 4) is 11.5 Å². The van der Waals surface area contributed by atoms with Crippen LogP contribution in [0.2, 0.25) is 0 Å². The molecule has 4 heterocycles. The van der Waals surface area contributed by atoms with Gasteiger partial charge < -0.3 is 9.88 Å². The number of benzene rings is 1. The van der Waals surface area contributed by atoms with Gasteiger partial charge in [0.25, 0.3) is 5.91 Å². The number of nitrogens with one attached hydrogen (secondary N) is 1. The van der Waals surface area contributed by atoms with E-state index in [1.807, 2.05) is 48.2 Å². The summed E-state index contributed by atoms with van der Waals surface area (Å²) >= 11 is 0. The molecule has 1 aliphatic heterocycles. The summed E-state index contributed by atoms with van der Waals surface area (Å²) in [6, 6.07) is 11.8. The monoisotopic (exact) mass is 398 g/mol. The molecule has 5 rings (SSSR count). The number of pyridine rings is 1. The third-order valence-corrected chi connectivity index (χ3v) is 5.56. The smallest absolute Gasteiger partial charge is 0.255 e. The van der Waals surface area contributed by atoms with Crippen molar-refractivity contribution in [2.75, 3.05) is 13.1 Å². The van der Waals surface area contributed by atoms with Crippen LogP contribution in [0.25, 0.3) is 22.4 Å². The van der Waals surface area contributed by atoms with Crippen LogP contribution in [0.3, 0.4) is 0 Å². The molecule has 1 amide bonds. The minimum Gasteiger partial charge on any atom is -0.343 e. The zero-order valence-corrected chi connectivity index (χ0v) is 16.7. The number of hydrogen-bond donors (Lipinski definition) is 1. The fourth-order valence-electron chi connectivity index (χ4n) is 4.10. The summed E-state index contributed by atoms with van der Waals surface area (Å²) in [5.74, 6) is 1.63. The van der Waals surface area contributed by atoms with E-state index < -0.39 is 0 Å². The normalized spacial score (nSPS) is 16.7. The Morgan fingerprint density at radius 3 is 2.93 bits per heavy atom. The van der Waals surface area contributed by atoms with E-state index in [2.05, 4.69) is 24.9 Å². The van der Waals surface area contributed by atoms with Crippen molar-refractivity contribution < 1.29 is 4.79 Å². The number of hydrogen-bond acceptors (Lipinski definition) is 5. The summed E-state index contributed by atoms with van der Waals surface area (Å²) in [6.45, 7) is 3.28. The molecule has 3 aromatic heterocycles. The van der Waals surface area contributed by atoms with Gasteiger partial charge in [0.05, 0.1) is 11.1 Å². The zero-order valence-electron chi connectivity index (χ0n) is 16.7. The van der Waals surface area contributed by atoms with Gasteiger partial charge in [-0.05, 0) is 38.0 Å². The first-order valence-electron chi connectivity index (χ1n) is 10.2. The molecule has 1 atom stereocenters. The first-order chi connectivity index (χ1) is 14.7.